The largest absolute Gasteiger partial charge is 2.00 e. The molecule has 59 valence electrons. The maximum atomic E-state index is 3.90. The molecule has 0 aliphatic heterocycles. The minimum absolute atomic E-state index is 0. The zero-order valence-electron chi connectivity index (χ0n) is 8.15. The first-order valence-electron chi connectivity index (χ1n) is 3.01. The van der Waals surface area contributed by atoms with Gasteiger partial charge >= 0.3 is 19.5 Å². The van der Waals surface area contributed by atoms with Crippen molar-refractivity contribution in [3.8, 4) is 0 Å². The standard InChI is InChI=1S/C9H10.CH3.Y.Zn/c1-7-5-4-6-8(2)9(7)3;;;/h5-6H,3H2,1-2H3;1H3;;/q-2;-1;;+2. The van der Waals surface area contributed by atoms with Crippen molar-refractivity contribution in [2.75, 3.05) is 0 Å². The van der Waals surface area contributed by atoms with Gasteiger partial charge in [0, 0.05) is 32.7 Å². The molecule has 0 saturated heterocycles. The van der Waals surface area contributed by atoms with Crippen LogP contribution in [0.2, 0.25) is 0 Å². The van der Waals surface area contributed by atoms with Gasteiger partial charge in [0.05, 0.1) is 0 Å². The molecule has 12 heavy (non-hydrogen) atoms. The SMILES string of the molecule is [CH2-]c1c(C)c[c-]cc1C.[CH3-].[Y].[Zn+2]. The zero-order chi connectivity index (χ0) is 6.85. The third kappa shape index (κ3) is 4.75. The van der Waals surface area contributed by atoms with Crippen molar-refractivity contribution in [3.63, 3.8) is 0 Å². The fourth-order valence-electron chi connectivity index (χ4n) is 0.777. The normalized spacial score (nSPS) is 7.17. The average Bonchev–Trinajstić information content (AvgIpc) is 1.83. The Morgan fingerprint density at radius 2 is 1.50 bits per heavy atom. The Morgan fingerprint density at radius 1 is 1.17 bits per heavy atom. The Morgan fingerprint density at radius 3 is 1.75 bits per heavy atom. The minimum atomic E-state index is 0. The first-order chi connectivity index (χ1) is 4.22. The van der Waals surface area contributed by atoms with Gasteiger partial charge in [0.1, 0.15) is 0 Å². The molecule has 0 bridgehead atoms. The van der Waals surface area contributed by atoms with E-state index in [4.69, 9.17) is 0 Å². The van der Waals surface area contributed by atoms with Crippen LogP contribution in [0, 0.1) is 34.3 Å². The molecule has 0 nitrogen and oxygen atoms in total. The first kappa shape index (κ1) is 18.6. The van der Waals surface area contributed by atoms with Crippen LogP contribution in [0.25, 0.3) is 0 Å². The van der Waals surface area contributed by atoms with E-state index in [0.717, 1.165) is 5.56 Å². The molecule has 0 amide bonds. The summed E-state index contributed by atoms with van der Waals surface area (Å²) < 4.78 is 0. The molecule has 0 N–H and O–H groups in total. The maximum absolute atomic E-state index is 3.90. The van der Waals surface area contributed by atoms with Gasteiger partial charge in [-0.15, -0.1) is 0 Å². The van der Waals surface area contributed by atoms with E-state index in [1.807, 2.05) is 26.0 Å². The second-order valence-corrected chi connectivity index (χ2v) is 2.30. The molecule has 0 saturated carbocycles. The monoisotopic (exact) mass is 286 g/mol. The van der Waals surface area contributed by atoms with Crippen LogP contribution in [0.5, 0.6) is 0 Å². The summed E-state index contributed by atoms with van der Waals surface area (Å²) in [5, 5.41) is 0. The molecular formula is C10H13YZn-. The van der Waals surface area contributed by atoms with Gasteiger partial charge in [-0.25, -0.2) is 0 Å². The third-order valence-corrected chi connectivity index (χ3v) is 1.55. The van der Waals surface area contributed by atoms with Crippen LogP contribution in [0.4, 0.5) is 0 Å². The molecule has 0 atom stereocenters. The molecule has 1 aromatic carbocycles. The van der Waals surface area contributed by atoms with Crippen LogP contribution in [-0.2, 0) is 52.2 Å². The number of hydrogen-bond acceptors (Lipinski definition) is 0. The molecule has 0 aliphatic carbocycles. The van der Waals surface area contributed by atoms with E-state index in [2.05, 4.69) is 13.0 Å². The van der Waals surface area contributed by atoms with Gasteiger partial charge in [-0.3, -0.25) is 0 Å². The van der Waals surface area contributed by atoms with E-state index in [1.165, 1.54) is 11.1 Å². The maximum Gasteiger partial charge on any atom is 2.00 e. The molecule has 0 unspecified atom stereocenters. The number of rotatable bonds is 0. The van der Waals surface area contributed by atoms with Crippen molar-refractivity contribution in [1.82, 2.24) is 0 Å². The van der Waals surface area contributed by atoms with Crippen molar-refractivity contribution < 1.29 is 52.2 Å². The molecule has 1 rings (SSSR count). The summed E-state index contributed by atoms with van der Waals surface area (Å²) >= 11 is 0. The molecule has 1 aromatic rings. The van der Waals surface area contributed by atoms with Crippen molar-refractivity contribution in [2.45, 2.75) is 13.8 Å². The van der Waals surface area contributed by atoms with Gasteiger partial charge in [-0.2, -0.15) is 41.8 Å². The Balaban J connectivity index is -0.000000270. The Hall–Kier alpha value is 0.817. The molecular weight excluding hydrogens is 274 g/mol. The number of benzene rings is 1. The number of hydrogen-bond donors (Lipinski definition) is 0. The predicted molar refractivity (Wildman–Crippen MR) is 45.6 cm³/mol. The fraction of sp³-hybridized carbons (Fsp3) is 0.200. The molecule has 0 fully saturated rings. The van der Waals surface area contributed by atoms with Crippen molar-refractivity contribution >= 4 is 0 Å². The van der Waals surface area contributed by atoms with Gasteiger partial charge in [0.25, 0.3) is 0 Å². The van der Waals surface area contributed by atoms with E-state index in [9.17, 15) is 0 Å². The van der Waals surface area contributed by atoms with Crippen LogP contribution < -0.4 is 0 Å². The second kappa shape index (κ2) is 8.42. The molecule has 0 aliphatic rings. The zero-order valence-corrected chi connectivity index (χ0v) is 14.0. The van der Waals surface area contributed by atoms with Crippen LogP contribution in [0.1, 0.15) is 16.7 Å². The van der Waals surface area contributed by atoms with Crippen LogP contribution in [0.15, 0.2) is 12.1 Å². The van der Waals surface area contributed by atoms with Crippen molar-refractivity contribution in [3.05, 3.63) is 49.2 Å². The molecule has 1 radical (unpaired) electrons. The van der Waals surface area contributed by atoms with Gasteiger partial charge in [0.2, 0.25) is 0 Å². The van der Waals surface area contributed by atoms with Crippen molar-refractivity contribution in [2.24, 2.45) is 0 Å². The van der Waals surface area contributed by atoms with Gasteiger partial charge in [-0.05, 0) is 0 Å². The third-order valence-electron chi connectivity index (χ3n) is 1.55. The van der Waals surface area contributed by atoms with E-state index < -0.39 is 0 Å². The quantitative estimate of drug-likeness (QED) is 0.508. The first-order valence-corrected chi connectivity index (χ1v) is 3.01. The van der Waals surface area contributed by atoms with Gasteiger partial charge in [-0.1, -0.05) is 13.8 Å². The molecule has 0 heterocycles. The Kier molecular flexibility index (Phi) is 13.0. The second-order valence-electron chi connectivity index (χ2n) is 2.30. The average molecular weight is 288 g/mol. The van der Waals surface area contributed by atoms with E-state index in [0.29, 0.717) is 0 Å². The fourth-order valence-corrected chi connectivity index (χ4v) is 0.777. The summed E-state index contributed by atoms with van der Waals surface area (Å²) in [4.78, 5) is 0. The number of aryl methyl sites for hydroxylation is 2. The summed E-state index contributed by atoms with van der Waals surface area (Å²) in [5.74, 6) is 0. The summed E-state index contributed by atoms with van der Waals surface area (Å²) in [6, 6.07) is 6.94. The van der Waals surface area contributed by atoms with E-state index in [1.54, 1.807) is 0 Å². The van der Waals surface area contributed by atoms with Gasteiger partial charge < -0.3 is 7.43 Å². The van der Waals surface area contributed by atoms with E-state index in [-0.39, 0.29) is 59.6 Å². The summed E-state index contributed by atoms with van der Waals surface area (Å²) in [6.45, 7) is 7.99. The van der Waals surface area contributed by atoms with Crippen molar-refractivity contribution in [1.29, 1.82) is 0 Å². The minimum Gasteiger partial charge on any atom is -0.358 e. The summed E-state index contributed by atoms with van der Waals surface area (Å²) in [6.07, 6.45) is 0. The van der Waals surface area contributed by atoms with Gasteiger partial charge in [0.15, 0.2) is 0 Å². The Bertz CT molecular complexity index is 201. The summed E-state index contributed by atoms with van der Waals surface area (Å²) in [5.41, 5.74) is 3.57. The molecule has 0 aromatic heterocycles. The predicted octanol–water partition coefficient (Wildman–Crippen LogP) is 2.73. The topological polar surface area (TPSA) is 0 Å². The van der Waals surface area contributed by atoms with Crippen LogP contribution >= 0.6 is 0 Å². The summed E-state index contributed by atoms with van der Waals surface area (Å²) in [7, 11) is 0. The van der Waals surface area contributed by atoms with Crippen LogP contribution in [-0.4, -0.2) is 0 Å². The Labute approximate surface area is 114 Å². The smallest absolute Gasteiger partial charge is 0.358 e. The molecule has 0 spiro atoms. The molecule has 2 heteroatoms. The van der Waals surface area contributed by atoms with Crippen LogP contribution in [0.3, 0.4) is 0 Å². The van der Waals surface area contributed by atoms with E-state index >= 15 is 0 Å².